The molecule has 6 heteroatoms. The molecule has 0 aliphatic heterocycles. The summed E-state index contributed by atoms with van der Waals surface area (Å²) in [6, 6.07) is 0. The molecule has 4 bridgehead atoms. The lowest BCUT2D eigenvalue weighted by Gasteiger charge is -2.55. The van der Waals surface area contributed by atoms with Crippen LogP contribution in [0, 0.1) is 23.2 Å². The van der Waals surface area contributed by atoms with E-state index in [0.717, 1.165) is 42.0 Å². The number of esters is 1. The molecule has 4 aliphatic carbocycles. The van der Waals surface area contributed by atoms with Gasteiger partial charge in [-0.1, -0.05) is 0 Å². The molecule has 132 valence electrons. The third-order valence-electron chi connectivity index (χ3n) is 6.46. The Labute approximate surface area is 150 Å². The smallest absolute Gasteiger partial charge is 0.312 e. The summed E-state index contributed by atoms with van der Waals surface area (Å²) in [4.78, 5) is 30.2. The van der Waals surface area contributed by atoms with Crippen LogP contribution in [0.15, 0.2) is 17.8 Å². The summed E-state index contributed by atoms with van der Waals surface area (Å²) in [6.45, 7) is -0.0623. The normalized spacial score (nSPS) is 33.0. The van der Waals surface area contributed by atoms with Gasteiger partial charge in [0.1, 0.15) is 0 Å². The zero-order chi connectivity index (χ0) is 17.0. The molecular weight excluding hydrogens is 336 g/mol. The second-order valence-electron chi connectivity index (χ2n) is 8.28. The van der Waals surface area contributed by atoms with E-state index in [0.29, 0.717) is 5.69 Å². The van der Waals surface area contributed by atoms with Gasteiger partial charge in [0, 0.05) is 23.2 Å². The molecule has 2 heterocycles. The van der Waals surface area contributed by atoms with E-state index < -0.39 is 0 Å². The number of aromatic nitrogens is 2. The van der Waals surface area contributed by atoms with E-state index >= 15 is 0 Å². The van der Waals surface area contributed by atoms with Crippen LogP contribution in [0.3, 0.4) is 0 Å². The number of ether oxygens (including phenoxy) is 1. The summed E-state index contributed by atoms with van der Waals surface area (Å²) in [5, 5.41) is 1.95. The predicted octanol–water partition coefficient (Wildman–Crippen LogP) is 3.27. The molecular formula is C19H22N2O3S. The second-order valence-corrected chi connectivity index (χ2v) is 9.16. The van der Waals surface area contributed by atoms with Gasteiger partial charge in [0.2, 0.25) is 0 Å². The molecule has 0 N–H and O–H groups in total. The fourth-order valence-electron chi connectivity index (χ4n) is 5.81. The maximum Gasteiger partial charge on any atom is 0.312 e. The van der Waals surface area contributed by atoms with Crippen molar-refractivity contribution in [1.82, 2.24) is 9.38 Å². The first-order valence-electron chi connectivity index (χ1n) is 9.20. The van der Waals surface area contributed by atoms with Gasteiger partial charge in [-0.3, -0.25) is 14.0 Å². The predicted molar refractivity (Wildman–Crippen MR) is 93.3 cm³/mol. The molecule has 2 aromatic rings. The first-order valence-corrected chi connectivity index (χ1v) is 10.1. The lowest BCUT2D eigenvalue weighted by molar-refractivity contribution is -0.157. The number of imidazole rings is 1. The van der Waals surface area contributed by atoms with Crippen molar-refractivity contribution in [2.24, 2.45) is 23.2 Å². The highest BCUT2D eigenvalue weighted by Gasteiger charge is 2.54. The summed E-state index contributed by atoms with van der Waals surface area (Å²) < 4.78 is 7.23. The van der Waals surface area contributed by atoms with E-state index in [4.69, 9.17) is 4.74 Å². The van der Waals surface area contributed by atoms with Gasteiger partial charge in [-0.25, -0.2) is 4.98 Å². The van der Waals surface area contributed by atoms with Gasteiger partial charge < -0.3 is 4.74 Å². The average Bonchev–Trinajstić information content (AvgIpc) is 3.12. The number of Topliss-reactive ketones (excluding diaryl/α,β-unsaturated/α-hetero) is 1. The molecule has 4 fully saturated rings. The van der Waals surface area contributed by atoms with Crippen LogP contribution >= 0.6 is 11.3 Å². The summed E-state index contributed by atoms with van der Waals surface area (Å²) >= 11 is 1.53. The Bertz CT molecular complexity index is 773. The van der Waals surface area contributed by atoms with Crippen LogP contribution < -0.4 is 0 Å². The maximum atomic E-state index is 12.9. The number of carbonyl (C=O) groups excluding carboxylic acids is 2. The molecule has 2 aromatic heterocycles. The zero-order valence-corrected chi connectivity index (χ0v) is 15.0. The van der Waals surface area contributed by atoms with E-state index in [1.165, 1.54) is 30.6 Å². The molecule has 5 nitrogen and oxygen atoms in total. The molecule has 0 atom stereocenters. The number of thiazole rings is 1. The Kier molecular flexibility index (Phi) is 3.52. The number of ketones is 1. The second kappa shape index (κ2) is 5.66. The highest BCUT2D eigenvalue weighted by atomic mass is 32.1. The van der Waals surface area contributed by atoms with Crippen LogP contribution in [-0.4, -0.2) is 27.7 Å². The van der Waals surface area contributed by atoms with E-state index in [-0.39, 0.29) is 30.2 Å². The molecule has 0 amide bonds. The Morgan fingerprint density at radius 1 is 1.20 bits per heavy atom. The SMILES string of the molecule is O=C(Cc1cn2ccsc2n1)OCC(=O)C12CC3CC(CC(C3)C1)C2. The minimum absolute atomic E-state index is 0.0623. The van der Waals surface area contributed by atoms with Crippen molar-refractivity contribution >= 4 is 28.1 Å². The van der Waals surface area contributed by atoms with Crippen molar-refractivity contribution in [2.75, 3.05) is 6.61 Å². The number of nitrogens with zero attached hydrogens (tertiary/aromatic N) is 2. The van der Waals surface area contributed by atoms with Gasteiger partial charge in [-0.15, -0.1) is 11.3 Å². The van der Waals surface area contributed by atoms with Gasteiger partial charge >= 0.3 is 5.97 Å². The van der Waals surface area contributed by atoms with Crippen molar-refractivity contribution in [1.29, 1.82) is 0 Å². The largest absolute Gasteiger partial charge is 0.457 e. The Balaban J connectivity index is 1.20. The van der Waals surface area contributed by atoms with Gasteiger partial charge in [0.05, 0.1) is 12.1 Å². The van der Waals surface area contributed by atoms with Gasteiger partial charge in [-0.2, -0.15) is 0 Å². The molecule has 4 saturated carbocycles. The topological polar surface area (TPSA) is 60.7 Å². The first kappa shape index (κ1) is 15.6. The minimum Gasteiger partial charge on any atom is -0.457 e. The third-order valence-corrected chi connectivity index (χ3v) is 7.23. The molecule has 4 aliphatic rings. The lowest BCUT2D eigenvalue weighted by atomic mass is 9.48. The minimum atomic E-state index is -0.358. The highest BCUT2D eigenvalue weighted by Crippen LogP contribution is 2.60. The van der Waals surface area contributed by atoms with Crippen LogP contribution in [0.25, 0.3) is 4.96 Å². The van der Waals surface area contributed by atoms with E-state index in [2.05, 4.69) is 4.98 Å². The van der Waals surface area contributed by atoms with Crippen molar-refractivity contribution in [3.05, 3.63) is 23.5 Å². The molecule has 0 spiro atoms. The quantitative estimate of drug-likeness (QED) is 0.770. The van der Waals surface area contributed by atoms with Crippen molar-refractivity contribution in [3.63, 3.8) is 0 Å². The average molecular weight is 358 g/mol. The first-order chi connectivity index (χ1) is 12.1. The number of hydrogen-bond donors (Lipinski definition) is 0. The monoisotopic (exact) mass is 358 g/mol. The number of carbonyl (C=O) groups is 2. The third kappa shape index (κ3) is 2.71. The van der Waals surface area contributed by atoms with Crippen LogP contribution in [0.4, 0.5) is 0 Å². The zero-order valence-electron chi connectivity index (χ0n) is 14.1. The maximum absolute atomic E-state index is 12.9. The fraction of sp³-hybridized carbons (Fsp3) is 0.632. The van der Waals surface area contributed by atoms with Crippen molar-refractivity contribution in [3.8, 4) is 0 Å². The molecule has 0 radical (unpaired) electrons. The lowest BCUT2D eigenvalue weighted by Crippen LogP contribution is -2.51. The summed E-state index contributed by atoms with van der Waals surface area (Å²) in [7, 11) is 0. The van der Waals surface area contributed by atoms with Crippen LogP contribution in [-0.2, 0) is 20.7 Å². The summed E-state index contributed by atoms with van der Waals surface area (Å²) in [5.41, 5.74) is 0.505. The number of fused-ring (bicyclic) bond motifs is 1. The molecule has 6 rings (SSSR count). The fourth-order valence-corrected chi connectivity index (χ4v) is 6.53. The standard InChI is InChI=1S/C19H22N2O3S/c22-16(19-7-12-3-13(8-19)5-14(4-12)9-19)11-24-17(23)6-15-10-21-1-2-25-18(21)20-15/h1-2,10,12-14H,3-9,11H2. The molecule has 0 saturated heterocycles. The van der Waals surface area contributed by atoms with E-state index in [1.54, 1.807) is 0 Å². The molecule has 0 aromatic carbocycles. The Morgan fingerprint density at radius 2 is 1.88 bits per heavy atom. The van der Waals surface area contributed by atoms with Gasteiger partial charge in [0.25, 0.3) is 0 Å². The van der Waals surface area contributed by atoms with Crippen LogP contribution in [0.2, 0.25) is 0 Å². The summed E-state index contributed by atoms with van der Waals surface area (Å²) in [6.07, 6.45) is 10.9. The van der Waals surface area contributed by atoms with Crippen LogP contribution in [0.5, 0.6) is 0 Å². The van der Waals surface area contributed by atoms with E-state index in [9.17, 15) is 9.59 Å². The Morgan fingerprint density at radius 3 is 2.52 bits per heavy atom. The number of rotatable bonds is 5. The molecule has 0 unspecified atom stereocenters. The molecule has 25 heavy (non-hydrogen) atoms. The van der Waals surface area contributed by atoms with Gasteiger partial charge in [-0.05, 0) is 56.3 Å². The summed E-state index contributed by atoms with van der Waals surface area (Å²) in [5.74, 6) is 1.98. The van der Waals surface area contributed by atoms with Crippen molar-refractivity contribution in [2.45, 2.75) is 44.9 Å². The van der Waals surface area contributed by atoms with Crippen LogP contribution in [0.1, 0.15) is 44.2 Å². The Hall–Kier alpha value is -1.69. The van der Waals surface area contributed by atoms with E-state index in [1.807, 2.05) is 22.2 Å². The number of hydrogen-bond acceptors (Lipinski definition) is 5. The van der Waals surface area contributed by atoms with Crippen molar-refractivity contribution < 1.29 is 14.3 Å². The highest BCUT2D eigenvalue weighted by molar-refractivity contribution is 7.15. The van der Waals surface area contributed by atoms with Gasteiger partial charge in [0.15, 0.2) is 17.4 Å².